The minimum Gasteiger partial charge on any atom is -0.325 e. The standard InChI is InChI=1S/C16H15NO3.C11H20N2O/c1-11(2)13-8-9-14(15(10-13)17(19)20)16(18)12-6-4-3-5-7-12;14-11(12-7-3-1-4-8-12)13-9-5-2-6-10-13/h3-11H,1-2H3;1-10H2. The zero-order valence-electron chi connectivity index (χ0n) is 20.2. The lowest BCUT2D eigenvalue weighted by Gasteiger charge is -2.34. The van der Waals surface area contributed by atoms with Crippen LogP contribution in [0.25, 0.3) is 0 Å². The van der Waals surface area contributed by atoms with Gasteiger partial charge in [0.05, 0.1) is 4.92 Å². The van der Waals surface area contributed by atoms with Gasteiger partial charge in [-0.2, -0.15) is 0 Å². The SMILES string of the molecule is CC(C)c1ccc(C(=O)c2ccccc2)c([N+](=O)[O-])c1.O=C(N1CCCCC1)N1CCCCC1. The Morgan fingerprint density at radius 3 is 1.82 bits per heavy atom. The van der Waals surface area contributed by atoms with E-state index in [9.17, 15) is 19.7 Å². The average molecular weight is 466 g/mol. The Kier molecular flexibility index (Phi) is 9.19. The summed E-state index contributed by atoms with van der Waals surface area (Å²) in [5.74, 6) is -0.151. The molecule has 0 radical (unpaired) electrons. The summed E-state index contributed by atoms with van der Waals surface area (Å²) in [6, 6.07) is 13.7. The van der Waals surface area contributed by atoms with Crippen LogP contribution in [-0.4, -0.2) is 52.7 Å². The fraction of sp³-hybridized carbons (Fsp3) is 0.481. The lowest BCUT2D eigenvalue weighted by Crippen LogP contribution is -2.47. The molecule has 2 heterocycles. The zero-order valence-corrected chi connectivity index (χ0v) is 20.2. The van der Waals surface area contributed by atoms with Crippen molar-refractivity contribution in [3.8, 4) is 0 Å². The molecular weight excluding hydrogens is 430 g/mol. The number of likely N-dealkylation sites (tertiary alicyclic amines) is 2. The molecule has 0 bridgehead atoms. The Morgan fingerprint density at radius 2 is 1.35 bits per heavy atom. The Labute approximate surface area is 201 Å². The van der Waals surface area contributed by atoms with E-state index < -0.39 is 4.92 Å². The molecule has 2 aliphatic rings. The minimum absolute atomic E-state index is 0.130. The summed E-state index contributed by atoms with van der Waals surface area (Å²) in [4.78, 5) is 39.1. The van der Waals surface area contributed by atoms with Crippen LogP contribution in [0.2, 0.25) is 0 Å². The molecule has 0 unspecified atom stereocenters. The molecule has 2 saturated heterocycles. The highest BCUT2D eigenvalue weighted by Gasteiger charge is 2.24. The van der Waals surface area contributed by atoms with Crippen molar-refractivity contribution in [3.05, 3.63) is 75.3 Å². The van der Waals surface area contributed by atoms with Gasteiger partial charge < -0.3 is 9.80 Å². The van der Waals surface area contributed by atoms with Crippen molar-refractivity contribution in [2.24, 2.45) is 0 Å². The minimum atomic E-state index is -0.498. The predicted molar refractivity (Wildman–Crippen MR) is 133 cm³/mol. The number of nitro benzene ring substituents is 1. The summed E-state index contributed by atoms with van der Waals surface area (Å²) in [5.41, 5.74) is 1.30. The first-order valence-electron chi connectivity index (χ1n) is 12.3. The van der Waals surface area contributed by atoms with E-state index in [4.69, 9.17) is 0 Å². The summed E-state index contributed by atoms with van der Waals surface area (Å²) >= 11 is 0. The second kappa shape index (κ2) is 12.3. The third-order valence-corrected chi connectivity index (χ3v) is 6.42. The maximum atomic E-state index is 12.3. The van der Waals surface area contributed by atoms with Crippen molar-refractivity contribution < 1.29 is 14.5 Å². The van der Waals surface area contributed by atoms with Gasteiger partial charge in [0.2, 0.25) is 0 Å². The molecule has 0 spiro atoms. The predicted octanol–water partition coefficient (Wildman–Crippen LogP) is 6.03. The molecule has 4 rings (SSSR count). The third-order valence-electron chi connectivity index (χ3n) is 6.42. The van der Waals surface area contributed by atoms with E-state index in [-0.39, 0.29) is 23.0 Å². The number of piperidine rings is 2. The van der Waals surface area contributed by atoms with Gasteiger partial charge in [0.15, 0.2) is 5.78 Å². The van der Waals surface area contributed by atoms with E-state index >= 15 is 0 Å². The van der Waals surface area contributed by atoms with Crippen molar-refractivity contribution in [3.63, 3.8) is 0 Å². The number of carbonyl (C=O) groups excluding carboxylic acids is 2. The van der Waals surface area contributed by atoms with Crippen molar-refractivity contribution in [2.75, 3.05) is 26.2 Å². The highest BCUT2D eigenvalue weighted by atomic mass is 16.6. The number of nitrogens with zero attached hydrogens (tertiary/aromatic N) is 3. The van der Waals surface area contributed by atoms with E-state index in [0.29, 0.717) is 11.6 Å². The van der Waals surface area contributed by atoms with Gasteiger partial charge in [-0.3, -0.25) is 14.9 Å². The molecule has 2 aliphatic heterocycles. The van der Waals surface area contributed by atoms with Crippen LogP contribution < -0.4 is 0 Å². The fourth-order valence-electron chi connectivity index (χ4n) is 4.37. The van der Waals surface area contributed by atoms with E-state index in [1.54, 1.807) is 42.5 Å². The second-order valence-corrected chi connectivity index (χ2v) is 9.26. The number of urea groups is 1. The van der Waals surface area contributed by atoms with Crippen molar-refractivity contribution in [1.29, 1.82) is 0 Å². The highest BCUT2D eigenvalue weighted by molar-refractivity contribution is 6.11. The number of amides is 2. The lowest BCUT2D eigenvalue weighted by molar-refractivity contribution is -0.385. The van der Waals surface area contributed by atoms with E-state index in [0.717, 1.165) is 31.7 Å². The first-order valence-corrected chi connectivity index (χ1v) is 12.3. The Hall–Kier alpha value is -3.22. The van der Waals surface area contributed by atoms with Crippen LogP contribution >= 0.6 is 0 Å². The second-order valence-electron chi connectivity index (χ2n) is 9.26. The number of rotatable bonds is 4. The molecule has 182 valence electrons. The Morgan fingerprint density at radius 1 is 0.824 bits per heavy atom. The van der Waals surface area contributed by atoms with Crippen LogP contribution in [0.15, 0.2) is 48.5 Å². The molecule has 34 heavy (non-hydrogen) atoms. The van der Waals surface area contributed by atoms with Crippen molar-refractivity contribution >= 4 is 17.5 Å². The van der Waals surface area contributed by atoms with Gasteiger partial charge in [0.25, 0.3) is 5.69 Å². The summed E-state index contributed by atoms with van der Waals surface area (Å²) in [6.07, 6.45) is 7.37. The maximum Gasteiger partial charge on any atom is 0.319 e. The van der Waals surface area contributed by atoms with Gasteiger partial charge in [-0.15, -0.1) is 0 Å². The fourth-order valence-corrected chi connectivity index (χ4v) is 4.37. The number of nitro groups is 1. The van der Waals surface area contributed by atoms with Gasteiger partial charge in [0, 0.05) is 37.8 Å². The van der Waals surface area contributed by atoms with Gasteiger partial charge in [-0.25, -0.2) is 4.79 Å². The van der Waals surface area contributed by atoms with Crippen molar-refractivity contribution in [1.82, 2.24) is 9.80 Å². The lowest BCUT2D eigenvalue weighted by atomic mass is 9.96. The van der Waals surface area contributed by atoms with Gasteiger partial charge in [-0.05, 0) is 56.1 Å². The quantitative estimate of drug-likeness (QED) is 0.314. The van der Waals surface area contributed by atoms with Crippen LogP contribution in [0, 0.1) is 10.1 Å². The van der Waals surface area contributed by atoms with Crippen LogP contribution in [0.3, 0.4) is 0 Å². The molecule has 0 saturated carbocycles. The number of benzene rings is 2. The topological polar surface area (TPSA) is 83.8 Å². The highest BCUT2D eigenvalue weighted by Crippen LogP contribution is 2.26. The molecule has 0 N–H and O–H groups in total. The Bertz CT molecular complexity index is 959. The third kappa shape index (κ3) is 6.65. The van der Waals surface area contributed by atoms with E-state index in [1.807, 2.05) is 23.6 Å². The molecule has 2 aromatic rings. The summed E-state index contributed by atoms with van der Waals surface area (Å²) in [7, 11) is 0. The summed E-state index contributed by atoms with van der Waals surface area (Å²) < 4.78 is 0. The molecule has 0 aliphatic carbocycles. The summed E-state index contributed by atoms with van der Waals surface area (Å²) in [5, 5.41) is 11.2. The molecule has 7 heteroatoms. The van der Waals surface area contributed by atoms with Gasteiger partial charge in [0.1, 0.15) is 5.56 Å². The van der Waals surface area contributed by atoms with Crippen LogP contribution in [0.5, 0.6) is 0 Å². The molecule has 7 nitrogen and oxygen atoms in total. The van der Waals surface area contributed by atoms with Crippen LogP contribution in [-0.2, 0) is 0 Å². The van der Waals surface area contributed by atoms with Crippen LogP contribution in [0.1, 0.15) is 79.8 Å². The van der Waals surface area contributed by atoms with Gasteiger partial charge in [-0.1, -0.05) is 50.2 Å². The molecule has 2 amide bonds. The summed E-state index contributed by atoms with van der Waals surface area (Å²) in [6.45, 7) is 7.84. The first-order chi connectivity index (χ1) is 16.4. The maximum absolute atomic E-state index is 12.3. The molecule has 2 fully saturated rings. The molecule has 2 aromatic carbocycles. The normalized spacial score (nSPS) is 16.0. The van der Waals surface area contributed by atoms with E-state index in [2.05, 4.69) is 0 Å². The number of carbonyl (C=O) groups is 2. The smallest absolute Gasteiger partial charge is 0.319 e. The largest absolute Gasteiger partial charge is 0.325 e. The number of ketones is 1. The monoisotopic (exact) mass is 465 g/mol. The van der Waals surface area contributed by atoms with Crippen LogP contribution in [0.4, 0.5) is 10.5 Å². The molecule has 0 atom stereocenters. The van der Waals surface area contributed by atoms with Crippen molar-refractivity contribution in [2.45, 2.75) is 58.3 Å². The number of hydrogen-bond acceptors (Lipinski definition) is 4. The molecular formula is C27H35N3O4. The van der Waals surface area contributed by atoms with E-state index in [1.165, 1.54) is 44.6 Å². The Balaban J connectivity index is 0.000000202. The average Bonchev–Trinajstić information content (AvgIpc) is 2.89. The molecule has 0 aromatic heterocycles. The van der Waals surface area contributed by atoms with Gasteiger partial charge >= 0.3 is 6.03 Å². The first kappa shape index (κ1) is 25.4. The number of hydrogen-bond donors (Lipinski definition) is 0. The zero-order chi connectivity index (χ0) is 24.5.